The van der Waals surface area contributed by atoms with Crippen molar-refractivity contribution in [2.45, 2.75) is 39.3 Å². The molecule has 27 heavy (non-hydrogen) atoms. The third-order valence-corrected chi connectivity index (χ3v) is 3.45. The van der Waals surface area contributed by atoms with Gasteiger partial charge in [0.05, 0.1) is 12.6 Å². The van der Waals surface area contributed by atoms with Gasteiger partial charge in [-0.1, -0.05) is 30.3 Å². The first kappa shape index (κ1) is 25.2. The van der Waals surface area contributed by atoms with Gasteiger partial charge in [-0.2, -0.15) is 0 Å². The third kappa shape index (κ3) is 10.8. The second kappa shape index (κ2) is 11.8. The van der Waals surface area contributed by atoms with Crippen LogP contribution >= 0.6 is 24.0 Å². The minimum Gasteiger partial charge on any atom is -0.350 e. The molecule has 3 N–H and O–H groups in total. The lowest BCUT2D eigenvalue weighted by Gasteiger charge is -2.21. The van der Waals surface area contributed by atoms with E-state index in [-0.39, 0.29) is 60.5 Å². The van der Waals surface area contributed by atoms with Gasteiger partial charge in [-0.25, -0.2) is 4.99 Å². The van der Waals surface area contributed by atoms with Crippen molar-refractivity contribution in [2.24, 2.45) is 4.99 Å². The fraction of sp³-hybridized carbons (Fsp3) is 0.526. The van der Waals surface area contributed by atoms with E-state index in [1.165, 1.54) is 4.90 Å². The van der Waals surface area contributed by atoms with Gasteiger partial charge >= 0.3 is 0 Å². The predicted molar refractivity (Wildman–Crippen MR) is 120 cm³/mol. The Hall–Kier alpha value is -1.84. The highest BCUT2D eigenvalue weighted by Crippen LogP contribution is 2.10. The number of hydrogen-bond acceptors (Lipinski definition) is 3. The molecule has 8 heteroatoms. The van der Waals surface area contributed by atoms with Crippen molar-refractivity contribution in [1.29, 1.82) is 0 Å². The average molecular weight is 489 g/mol. The summed E-state index contributed by atoms with van der Waals surface area (Å²) in [6.45, 7) is 7.82. The molecule has 2 amide bonds. The van der Waals surface area contributed by atoms with Gasteiger partial charge < -0.3 is 20.9 Å². The Balaban J connectivity index is 0.00000676. The zero-order valence-corrected chi connectivity index (χ0v) is 19.3. The molecule has 0 saturated heterocycles. The molecule has 0 aromatic heterocycles. The Bertz CT molecular complexity index is 627. The topological polar surface area (TPSA) is 85.8 Å². The molecule has 0 saturated carbocycles. The van der Waals surface area contributed by atoms with Crippen LogP contribution in [0.4, 0.5) is 0 Å². The van der Waals surface area contributed by atoms with Crippen LogP contribution in [0.25, 0.3) is 0 Å². The SMILES string of the molecule is CC(NC(=NCC(=O)NC(C)(C)C)NCC(=O)N(C)C)c1ccccc1.I. The van der Waals surface area contributed by atoms with Crippen molar-refractivity contribution in [2.75, 3.05) is 27.2 Å². The monoisotopic (exact) mass is 489 g/mol. The molecular weight excluding hydrogens is 457 g/mol. The number of halogens is 1. The molecule has 1 aromatic carbocycles. The first-order valence-electron chi connectivity index (χ1n) is 8.69. The van der Waals surface area contributed by atoms with E-state index in [1.54, 1.807) is 14.1 Å². The Morgan fingerprint density at radius 2 is 1.74 bits per heavy atom. The summed E-state index contributed by atoms with van der Waals surface area (Å²) in [7, 11) is 3.38. The molecule has 0 aliphatic carbocycles. The number of carbonyl (C=O) groups excluding carboxylic acids is 2. The van der Waals surface area contributed by atoms with Gasteiger partial charge in [-0.05, 0) is 33.3 Å². The van der Waals surface area contributed by atoms with Crippen molar-refractivity contribution >= 4 is 41.8 Å². The molecule has 0 spiro atoms. The van der Waals surface area contributed by atoms with Gasteiger partial charge in [0.15, 0.2) is 5.96 Å². The second-order valence-corrected chi connectivity index (χ2v) is 7.38. The van der Waals surface area contributed by atoms with Gasteiger partial charge in [0.1, 0.15) is 6.54 Å². The lowest BCUT2D eigenvalue weighted by Crippen LogP contribution is -2.45. The van der Waals surface area contributed by atoms with E-state index in [9.17, 15) is 9.59 Å². The molecular formula is C19H32IN5O2. The molecule has 1 unspecified atom stereocenters. The number of nitrogens with one attached hydrogen (secondary N) is 3. The number of aliphatic imine (C=N–C) groups is 1. The van der Waals surface area contributed by atoms with E-state index in [0.29, 0.717) is 5.96 Å². The summed E-state index contributed by atoms with van der Waals surface area (Å²) in [6.07, 6.45) is 0. The van der Waals surface area contributed by atoms with Crippen LogP contribution in [-0.4, -0.2) is 55.4 Å². The molecule has 0 aliphatic rings. The number of benzene rings is 1. The summed E-state index contributed by atoms with van der Waals surface area (Å²) in [5, 5.41) is 9.09. The average Bonchev–Trinajstić information content (AvgIpc) is 2.55. The van der Waals surface area contributed by atoms with Crippen molar-refractivity contribution in [3.8, 4) is 0 Å². The van der Waals surface area contributed by atoms with Crippen LogP contribution < -0.4 is 16.0 Å². The highest BCUT2D eigenvalue weighted by Gasteiger charge is 2.14. The summed E-state index contributed by atoms with van der Waals surface area (Å²) < 4.78 is 0. The van der Waals surface area contributed by atoms with E-state index < -0.39 is 0 Å². The predicted octanol–water partition coefficient (Wildman–Crippen LogP) is 1.90. The van der Waals surface area contributed by atoms with E-state index in [2.05, 4.69) is 20.9 Å². The minimum absolute atomic E-state index is 0. The number of carbonyl (C=O) groups is 2. The number of rotatable bonds is 6. The lowest BCUT2D eigenvalue weighted by molar-refractivity contribution is -0.127. The molecule has 1 rings (SSSR count). The van der Waals surface area contributed by atoms with Crippen LogP contribution in [0, 0.1) is 0 Å². The number of hydrogen-bond donors (Lipinski definition) is 3. The Morgan fingerprint density at radius 1 is 1.15 bits per heavy atom. The summed E-state index contributed by atoms with van der Waals surface area (Å²) in [6, 6.07) is 9.87. The molecule has 0 aliphatic heterocycles. The summed E-state index contributed by atoms with van der Waals surface area (Å²) in [4.78, 5) is 29.7. The Morgan fingerprint density at radius 3 is 2.26 bits per heavy atom. The highest BCUT2D eigenvalue weighted by atomic mass is 127. The van der Waals surface area contributed by atoms with Gasteiger partial charge in [0.2, 0.25) is 11.8 Å². The summed E-state index contributed by atoms with van der Waals surface area (Å²) in [5.74, 6) is 0.163. The number of guanidine groups is 1. The first-order chi connectivity index (χ1) is 12.1. The smallest absolute Gasteiger partial charge is 0.242 e. The standard InChI is InChI=1S/C19H31N5O2.HI/c1-14(15-10-8-7-9-11-15)22-18(21-13-17(26)24(5)6)20-12-16(25)23-19(2,3)4;/h7-11,14H,12-13H2,1-6H3,(H,23,25)(H2,20,21,22);1H. The molecule has 1 atom stereocenters. The summed E-state index contributed by atoms with van der Waals surface area (Å²) >= 11 is 0. The van der Waals surface area contributed by atoms with Crippen molar-refractivity contribution in [3.05, 3.63) is 35.9 Å². The normalized spacial score (nSPS) is 12.4. The van der Waals surface area contributed by atoms with Crippen LogP contribution in [0.1, 0.15) is 39.3 Å². The van der Waals surface area contributed by atoms with Crippen LogP contribution in [0.2, 0.25) is 0 Å². The van der Waals surface area contributed by atoms with E-state index in [4.69, 9.17) is 0 Å². The zero-order valence-electron chi connectivity index (χ0n) is 17.0. The maximum absolute atomic E-state index is 12.0. The van der Waals surface area contributed by atoms with E-state index in [0.717, 1.165) is 5.56 Å². The third-order valence-electron chi connectivity index (χ3n) is 3.45. The molecule has 7 nitrogen and oxygen atoms in total. The summed E-state index contributed by atoms with van der Waals surface area (Å²) in [5.41, 5.74) is 0.770. The van der Waals surface area contributed by atoms with E-state index in [1.807, 2.05) is 58.0 Å². The van der Waals surface area contributed by atoms with Crippen LogP contribution in [0.5, 0.6) is 0 Å². The molecule has 1 aromatic rings. The molecule has 0 bridgehead atoms. The fourth-order valence-corrected chi connectivity index (χ4v) is 2.11. The second-order valence-electron chi connectivity index (χ2n) is 7.38. The van der Waals surface area contributed by atoms with Gasteiger partial charge in [0, 0.05) is 19.6 Å². The number of amides is 2. The lowest BCUT2D eigenvalue weighted by atomic mass is 10.1. The van der Waals surface area contributed by atoms with E-state index >= 15 is 0 Å². The number of likely N-dealkylation sites (N-methyl/N-ethyl adjacent to an activating group) is 1. The van der Waals surface area contributed by atoms with Crippen LogP contribution in [-0.2, 0) is 9.59 Å². The molecule has 0 fully saturated rings. The van der Waals surface area contributed by atoms with Gasteiger partial charge in [-0.15, -0.1) is 24.0 Å². The first-order valence-corrected chi connectivity index (χ1v) is 8.69. The quantitative estimate of drug-likeness (QED) is 0.324. The van der Waals surface area contributed by atoms with Crippen molar-refractivity contribution in [1.82, 2.24) is 20.9 Å². The largest absolute Gasteiger partial charge is 0.350 e. The van der Waals surface area contributed by atoms with Gasteiger partial charge in [-0.3, -0.25) is 9.59 Å². The zero-order chi connectivity index (χ0) is 19.7. The van der Waals surface area contributed by atoms with Crippen LogP contribution in [0.3, 0.4) is 0 Å². The molecule has 0 heterocycles. The molecule has 0 radical (unpaired) electrons. The van der Waals surface area contributed by atoms with Crippen LogP contribution in [0.15, 0.2) is 35.3 Å². The minimum atomic E-state index is -0.314. The number of nitrogens with zero attached hydrogens (tertiary/aromatic N) is 2. The van der Waals surface area contributed by atoms with Crippen molar-refractivity contribution in [3.63, 3.8) is 0 Å². The van der Waals surface area contributed by atoms with Crippen molar-refractivity contribution < 1.29 is 9.59 Å². The van der Waals surface area contributed by atoms with Gasteiger partial charge in [0.25, 0.3) is 0 Å². The Kier molecular flexibility index (Phi) is 11.0. The maximum Gasteiger partial charge on any atom is 0.242 e. The maximum atomic E-state index is 12.0. The Labute approximate surface area is 179 Å². The molecule has 152 valence electrons. The highest BCUT2D eigenvalue weighted by molar-refractivity contribution is 14.0. The fourth-order valence-electron chi connectivity index (χ4n) is 2.11.